The van der Waals surface area contributed by atoms with Gasteiger partial charge in [0.1, 0.15) is 0 Å². The van der Waals surface area contributed by atoms with Crippen LogP contribution in [0.2, 0.25) is 0 Å². The lowest BCUT2D eigenvalue weighted by molar-refractivity contribution is 0.0966. The van der Waals surface area contributed by atoms with Crippen molar-refractivity contribution in [2.45, 2.75) is 19.8 Å². The number of Topliss-reactive ketones (excluding diaryl/α,β-unsaturated/α-hetero) is 1. The Hall–Kier alpha value is -1.48. The van der Waals surface area contributed by atoms with E-state index >= 15 is 0 Å². The molecular weight excluding hydrogens is 218 g/mol. The molecule has 2 heterocycles. The third kappa shape index (κ3) is 2.04. The second-order valence-electron chi connectivity index (χ2n) is 3.83. The van der Waals surface area contributed by atoms with Gasteiger partial charge in [0.15, 0.2) is 5.78 Å². The lowest BCUT2D eigenvalue weighted by Gasteiger charge is -2.10. The first-order valence-corrected chi connectivity index (χ1v) is 6.11. The predicted octanol–water partition coefficient (Wildman–Crippen LogP) is 3.44. The largest absolute Gasteiger partial charge is 0.293 e. The zero-order valence-electron chi connectivity index (χ0n) is 9.31. The van der Waals surface area contributed by atoms with Gasteiger partial charge in [0, 0.05) is 29.3 Å². The highest BCUT2D eigenvalue weighted by atomic mass is 32.1. The molecule has 0 saturated carbocycles. The molecule has 0 amide bonds. The van der Waals surface area contributed by atoms with E-state index in [0.29, 0.717) is 0 Å². The maximum Gasteiger partial charge on any atom is 0.171 e. The Morgan fingerprint density at radius 2 is 2.00 bits per heavy atom. The van der Waals surface area contributed by atoms with Crippen molar-refractivity contribution >= 4 is 17.1 Å². The van der Waals surface area contributed by atoms with Crippen LogP contribution in [0.5, 0.6) is 0 Å². The van der Waals surface area contributed by atoms with E-state index in [-0.39, 0.29) is 11.7 Å². The van der Waals surface area contributed by atoms with Crippen molar-refractivity contribution in [3.63, 3.8) is 0 Å². The Morgan fingerprint density at radius 3 is 2.56 bits per heavy atom. The third-order valence-electron chi connectivity index (χ3n) is 2.72. The second-order valence-corrected chi connectivity index (χ2v) is 4.58. The smallest absolute Gasteiger partial charge is 0.171 e. The molecule has 1 unspecified atom stereocenters. The molecule has 0 aromatic carbocycles. The Labute approximate surface area is 99.0 Å². The number of pyridine rings is 1. The van der Waals surface area contributed by atoms with Crippen molar-refractivity contribution in [2.24, 2.45) is 0 Å². The van der Waals surface area contributed by atoms with Crippen molar-refractivity contribution in [2.75, 3.05) is 0 Å². The van der Waals surface area contributed by atoms with Gasteiger partial charge >= 0.3 is 0 Å². The molecular formula is C13H13NOS. The van der Waals surface area contributed by atoms with Gasteiger partial charge in [-0.3, -0.25) is 9.78 Å². The van der Waals surface area contributed by atoms with Crippen LogP contribution in [0.1, 0.15) is 34.3 Å². The fraction of sp³-hybridized carbons (Fsp3) is 0.231. The van der Waals surface area contributed by atoms with Crippen LogP contribution >= 0.6 is 11.3 Å². The number of carbonyl (C=O) groups is 1. The van der Waals surface area contributed by atoms with E-state index in [1.165, 1.54) is 0 Å². The molecule has 0 saturated heterocycles. The average molecular weight is 231 g/mol. The van der Waals surface area contributed by atoms with Crippen molar-refractivity contribution in [1.82, 2.24) is 4.98 Å². The van der Waals surface area contributed by atoms with Gasteiger partial charge in [0.25, 0.3) is 0 Å². The van der Waals surface area contributed by atoms with E-state index in [4.69, 9.17) is 0 Å². The molecule has 0 aliphatic carbocycles. The highest BCUT2D eigenvalue weighted by Gasteiger charge is 2.18. The highest BCUT2D eigenvalue weighted by Crippen LogP contribution is 2.23. The number of carbonyl (C=O) groups excluding carboxylic acids is 1. The Morgan fingerprint density at radius 1 is 1.31 bits per heavy atom. The Balaban J connectivity index is 2.27. The van der Waals surface area contributed by atoms with Crippen LogP contribution in [0.25, 0.3) is 0 Å². The van der Waals surface area contributed by atoms with E-state index in [1.807, 2.05) is 36.7 Å². The molecule has 0 bridgehead atoms. The summed E-state index contributed by atoms with van der Waals surface area (Å²) < 4.78 is 0. The molecule has 2 aromatic rings. The van der Waals surface area contributed by atoms with Crippen LogP contribution < -0.4 is 0 Å². The lowest BCUT2D eigenvalue weighted by atomic mass is 9.93. The van der Waals surface area contributed by atoms with Crippen molar-refractivity contribution < 1.29 is 4.79 Å². The van der Waals surface area contributed by atoms with Gasteiger partial charge in [0.05, 0.1) is 0 Å². The molecule has 0 radical (unpaired) electrons. The van der Waals surface area contributed by atoms with Crippen LogP contribution in [0, 0.1) is 6.92 Å². The van der Waals surface area contributed by atoms with Gasteiger partial charge in [-0.25, -0.2) is 0 Å². The summed E-state index contributed by atoms with van der Waals surface area (Å²) in [5.74, 6) is 0.0845. The number of rotatable bonds is 3. The number of hydrogen-bond acceptors (Lipinski definition) is 3. The minimum Gasteiger partial charge on any atom is -0.293 e. The van der Waals surface area contributed by atoms with E-state index in [1.54, 1.807) is 23.7 Å². The number of thiophene rings is 1. The predicted molar refractivity (Wildman–Crippen MR) is 66.0 cm³/mol. The van der Waals surface area contributed by atoms with Crippen LogP contribution in [0.15, 0.2) is 35.3 Å². The lowest BCUT2D eigenvalue weighted by Crippen LogP contribution is -2.09. The zero-order valence-corrected chi connectivity index (χ0v) is 10.1. The molecule has 82 valence electrons. The minimum atomic E-state index is -0.101. The minimum absolute atomic E-state index is 0.101. The molecule has 2 aromatic heterocycles. The number of nitrogens with zero attached hydrogens (tertiary/aromatic N) is 1. The Bertz CT molecular complexity index is 490. The van der Waals surface area contributed by atoms with Crippen LogP contribution in [-0.2, 0) is 0 Å². The summed E-state index contributed by atoms with van der Waals surface area (Å²) in [6, 6.07) is 3.79. The molecule has 16 heavy (non-hydrogen) atoms. The maximum atomic E-state index is 12.2. The van der Waals surface area contributed by atoms with Gasteiger partial charge in [-0.2, -0.15) is 11.3 Å². The molecule has 0 aliphatic heterocycles. The SMILES string of the molecule is Cc1cscc1C(=O)C(C)c1ccncc1. The maximum absolute atomic E-state index is 12.2. The first kappa shape index (κ1) is 11.0. The summed E-state index contributed by atoms with van der Waals surface area (Å²) >= 11 is 1.57. The van der Waals surface area contributed by atoms with Crippen molar-refractivity contribution in [1.29, 1.82) is 0 Å². The normalized spacial score (nSPS) is 12.4. The van der Waals surface area contributed by atoms with E-state index in [9.17, 15) is 4.79 Å². The standard InChI is InChI=1S/C13H13NOS/c1-9-7-16-8-12(9)13(15)10(2)11-3-5-14-6-4-11/h3-8,10H,1-2H3. The molecule has 0 aliphatic rings. The van der Waals surface area contributed by atoms with Crippen molar-refractivity contribution in [3.8, 4) is 0 Å². The summed E-state index contributed by atoms with van der Waals surface area (Å²) in [4.78, 5) is 16.2. The quantitative estimate of drug-likeness (QED) is 0.757. The van der Waals surface area contributed by atoms with Crippen LogP contribution in [-0.4, -0.2) is 10.8 Å². The third-order valence-corrected chi connectivity index (χ3v) is 3.58. The second kappa shape index (κ2) is 4.58. The molecule has 2 rings (SSSR count). The Kier molecular flexibility index (Phi) is 3.15. The van der Waals surface area contributed by atoms with Gasteiger partial charge in [-0.1, -0.05) is 6.92 Å². The molecule has 3 heteroatoms. The topological polar surface area (TPSA) is 30.0 Å². The zero-order chi connectivity index (χ0) is 11.5. The van der Waals surface area contributed by atoms with E-state index in [2.05, 4.69) is 4.98 Å². The molecule has 1 atom stereocenters. The summed E-state index contributed by atoms with van der Waals surface area (Å²) in [7, 11) is 0. The van der Waals surface area contributed by atoms with Gasteiger partial charge in [0.2, 0.25) is 0 Å². The first-order valence-electron chi connectivity index (χ1n) is 5.17. The number of aromatic nitrogens is 1. The first-order chi connectivity index (χ1) is 7.70. The van der Waals surface area contributed by atoms with Crippen LogP contribution in [0.4, 0.5) is 0 Å². The fourth-order valence-corrected chi connectivity index (χ4v) is 2.49. The summed E-state index contributed by atoms with van der Waals surface area (Å²) in [6.07, 6.45) is 3.44. The van der Waals surface area contributed by atoms with E-state index < -0.39 is 0 Å². The number of hydrogen-bond donors (Lipinski definition) is 0. The number of ketones is 1. The summed E-state index contributed by atoms with van der Waals surface area (Å²) in [6.45, 7) is 3.91. The fourth-order valence-electron chi connectivity index (χ4n) is 1.65. The number of aryl methyl sites for hydroxylation is 1. The molecule has 0 N–H and O–H groups in total. The van der Waals surface area contributed by atoms with Crippen LogP contribution in [0.3, 0.4) is 0 Å². The van der Waals surface area contributed by atoms with Gasteiger partial charge < -0.3 is 0 Å². The monoisotopic (exact) mass is 231 g/mol. The molecule has 2 nitrogen and oxygen atoms in total. The van der Waals surface area contributed by atoms with Gasteiger partial charge in [-0.15, -0.1) is 0 Å². The van der Waals surface area contributed by atoms with Crippen molar-refractivity contribution in [3.05, 3.63) is 52.0 Å². The highest BCUT2D eigenvalue weighted by molar-refractivity contribution is 7.08. The van der Waals surface area contributed by atoms with E-state index in [0.717, 1.165) is 16.7 Å². The molecule has 0 spiro atoms. The molecule has 0 fully saturated rings. The average Bonchev–Trinajstić information content (AvgIpc) is 2.75. The van der Waals surface area contributed by atoms with Gasteiger partial charge in [-0.05, 0) is 35.6 Å². The summed E-state index contributed by atoms with van der Waals surface area (Å²) in [5.41, 5.74) is 2.93. The summed E-state index contributed by atoms with van der Waals surface area (Å²) in [5, 5.41) is 3.93.